The lowest BCUT2D eigenvalue weighted by Crippen LogP contribution is -2.21. The molecule has 0 saturated carbocycles. The molecule has 122 valence electrons. The predicted octanol–water partition coefficient (Wildman–Crippen LogP) is 2.90. The quantitative estimate of drug-likeness (QED) is 0.903. The van der Waals surface area contributed by atoms with Crippen molar-refractivity contribution in [2.45, 2.75) is 24.3 Å². The highest BCUT2D eigenvalue weighted by atomic mass is 32.2. The van der Waals surface area contributed by atoms with Crippen LogP contribution in [0.3, 0.4) is 0 Å². The van der Waals surface area contributed by atoms with Crippen LogP contribution in [0.1, 0.15) is 29.0 Å². The normalized spacial score (nSPS) is 20.4. The number of aryl methyl sites for hydroxylation is 1. The van der Waals surface area contributed by atoms with Crippen molar-refractivity contribution in [1.29, 1.82) is 0 Å². The number of amides is 1. The number of hydrogen-bond acceptors (Lipinski definition) is 5. The first-order valence-corrected chi connectivity index (χ1v) is 8.22. The summed E-state index contributed by atoms with van der Waals surface area (Å²) in [7, 11) is 3.27. The fourth-order valence-corrected chi connectivity index (χ4v) is 4.03. The van der Waals surface area contributed by atoms with E-state index in [4.69, 9.17) is 9.47 Å². The molecule has 0 spiro atoms. The topological polar surface area (TPSA) is 76.2 Å². The lowest BCUT2D eigenvalue weighted by atomic mass is 10.0. The molecule has 3 rings (SSSR count). The maximum absolute atomic E-state index is 12.2. The Hall–Kier alpha value is -2.15. The average Bonchev–Trinajstić information content (AvgIpc) is 2.85. The minimum atomic E-state index is -0.204. The molecule has 0 fully saturated rings. The Morgan fingerprint density at radius 1 is 1.26 bits per heavy atom. The van der Waals surface area contributed by atoms with Gasteiger partial charge in [-0.25, -0.2) is 0 Å². The van der Waals surface area contributed by atoms with Gasteiger partial charge in [0.1, 0.15) is 11.5 Å². The van der Waals surface area contributed by atoms with Gasteiger partial charge in [-0.3, -0.25) is 9.89 Å². The molecule has 1 aromatic carbocycles. The standard InChI is InChI=1S/C16H19N3O3S/c1-8-13-14(11-7-10(21-3)5-6-12(11)22-4)23-9(2)16(20)17-15(13)19-18-8/h5-7,9,14H,1-4H3,(H2,17,18,19,20)/t9-,14+/m1/s1. The molecule has 1 amide bonds. The summed E-state index contributed by atoms with van der Waals surface area (Å²) in [4.78, 5) is 12.2. The van der Waals surface area contributed by atoms with Gasteiger partial charge >= 0.3 is 0 Å². The number of nitrogens with zero attached hydrogens (tertiary/aromatic N) is 1. The highest BCUT2D eigenvalue weighted by Crippen LogP contribution is 2.48. The number of aromatic nitrogens is 2. The third-order valence-electron chi connectivity index (χ3n) is 3.93. The molecule has 1 aliphatic rings. The number of fused-ring (bicyclic) bond motifs is 1. The lowest BCUT2D eigenvalue weighted by Gasteiger charge is -2.20. The molecule has 6 nitrogen and oxygen atoms in total. The monoisotopic (exact) mass is 333 g/mol. The molecule has 1 aromatic heterocycles. The molecule has 0 radical (unpaired) electrons. The summed E-state index contributed by atoms with van der Waals surface area (Å²) < 4.78 is 10.9. The number of ether oxygens (including phenoxy) is 2. The molecule has 0 unspecified atom stereocenters. The van der Waals surface area contributed by atoms with E-state index in [0.717, 1.165) is 28.3 Å². The molecular weight excluding hydrogens is 314 g/mol. The van der Waals surface area contributed by atoms with Gasteiger partial charge in [0.05, 0.1) is 24.7 Å². The van der Waals surface area contributed by atoms with E-state index < -0.39 is 0 Å². The zero-order valence-electron chi connectivity index (χ0n) is 13.5. The summed E-state index contributed by atoms with van der Waals surface area (Å²) >= 11 is 1.57. The maximum Gasteiger partial charge on any atom is 0.238 e. The number of H-pyrrole nitrogens is 1. The second kappa shape index (κ2) is 6.16. The van der Waals surface area contributed by atoms with Gasteiger partial charge in [0.25, 0.3) is 0 Å². The average molecular weight is 333 g/mol. The minimum Gasteiger partial charge on any atom is -0.497 e. The number of carbonyl (C=O) groups excluding carboxylic acids is 1. The van der Waals surface area contributed by atoms with Crippen molar-refractivity contribution in [3.8, 4) is 11.5 Å². The van der Waals surface area contributed by atoms with E-state index in [1.165, 1.54) is 0 Å². The zero-order valence-corrected chi connectivity index (χ0v) is 14.3. The molecule has 2 aromatic rings. The van der Waals surface area contributed by atoms with Crippen LogP contribution in [0, 0.1) is 6.92 Å². The molecule has 2 atom stereocenters. The van der Waals surface area contributed by atoms with Crippen LogP contribution in [-0.2, 0) is 4.79 Å². The molecule has 2 N–H and O–H groups in total. The third-order valence-corrected chi connectivity index (χ3v) is 5.31. The second-order valence-electron chi connectivity index (χ2n) is 5.37. The SMILES string of the molecule is COc1ccc(OC)c([C@@H]2S[C@H](C)C(=O)Nc3n[nH]c(C)c32)c1. The summed E-state index contributed by atoms with van der Waals surface area (Å²) in [5, 5.41) is 9.79. The van der Waals surface area contributed by atoms with Gasteiger partial charge in [0.15, 0.2) is 5.82 Å². The molecule has 0 aliphatic carbocycles. The van der Waals surface area contributed by atoms with Crippen molar-refractivity contribution < 1.29 is 14.3 Å². The number of anilines is 1. The van der Waals surface area contributed by atoms with Gasteiger partial charge in [-0.2, -0.15) is 5.10 Å². The maximum atomic E-state index is 12.2. The summed E-state index contributed by atoms with van der Waals surface area (Å²) in [5.74, 6) is 2.04. The van der Waals surface area contributed by atoms with Crippen molar-refractivity contribution in [2.24, 2.45) is 0 Å². The summed E-state index contributed by atoms with van der Waals surface area (Å²) in [6, 6.07) is 5.70. The van der Waals surface area contributed by atoms with Crippen molar-refractivity contribution in [2.75, 3.05) is 19.5 Å². The highest BCUT2D eigenvalue weighted by molar-refractivity contribution is 8.01. The Morgan fingerprint density at radius 2 is 2.04 bits per heavy atom. The zero-order chi connectivity index (χ0) is 16.6. The third kappa shape index (κ3) is 2.76. The molecule has 2 heterocycles. The van der Waals surface area contributed by atoms with Crippen LogP contribution >= 0.6 is 11.8 Å². The van der Waals surface area contributed by atoms with E-state index in [-0.39, 0.29) is 16.4 Å². The smallest absolute Gasteiger partial charge is 0.238 e. The van der Waals surface area contributed by atoms with E-state index in [1.54, 1.807) is 26.0 Å². The van der Waals surface area contributed by atoms with Gasteiger partial charge in [-0.1, -0.05) is 0 Å². The largest absolute Gasteiger partial charge is 0.497 e. The molecule has 0 saturated heterocycles. The molecule has 1 aliphatic heterocycles. The molecule has 0 bridgehead atoms. The van der Waals surface area contributed by atoms with E-state index >= 15 is 0 Å². The van der Waals surface area contributed by atoms with Gasteiger partial charge in [-0.05, 0) is 32.0 Å². The number of rotatable bonds is 3. The van der Waals surface area contributed by atoms with Crippen molar-refractivity contribution in [1.82, 2.24) is 10.2 Å². The lowest BCUT2D eigenvalue weighted by molar-refractivity contribution is -0.115. The van der Waals surface area contributed by atoms with Gasteiger partial charge in [0.2, 0.25) is 5.91 Å². The number of thioether (sulfide) groups is 1. The molecule has 23 heavy (non-hydrogen) atoms. The Balaban J connectivity index is 2.17. The van der Waals surface area contributed by atoms with E-state index in [9.17, 15) is 4.79 Å². The number of carbonyl (C=O) groups is 1. The van der Waals surface area contributed by atoms with E-state index in [1.807, 2.05) is 32.0 Å². The number of hydrogen-bond donors (Lipinski definition) is 2. The van der Waals surface area contributed by atoms with Crippen LogP contribution in [-0.4, -0.2) is 35.6 Å². The number of aromatic amines is 1. The first-order chi connectivity index (χ1) is 11.0. The first-order valence-electron chi connectivity index (χ1n) is 7.28. The number of methoxy groups -OCH3 is 2. The minimum absolute atomic E-state index is 0.0490. The van der Waals surface area contributed by atoms with Crippen LogP contribution in [0.25, 0.3) is 0 Å². The molecular formula is C16H19N3O3S. The molecule has 7 heteroatoms. The van der Waals surface area contributed by atoms with Gasteiger partial charge in [0, 0.05) is 16.8 Å². The fourth-order valence-electron chi connectivity index (χ4n) is 2.68. The van der Waals surface area contributed by atoms with E-state index in [0.29, 0.717) is 5.82 Å². The van der Waals surface area contributed by atoms with Gasteiger partial charge < -0.3 is 14.8 Å². The van der Waals surface area contributed by atoms with Crippen LogP contribution in [0.15, 0.2) is 18.2 Å². The van der Waals surface area contributed by atoms with Crippen molar-refractivity contribution in [3.63, 3.8) is 0 Å². The van der Waals surface area contributed by atoms with Crippen molar-refractivity contribution >= 4 is 23.5 Å². The first kappa shape index (κ1) is 15.7. The summed E-state index contributed by atoms with van der Waals surface area (Å²) in [6.45, 7) is 3.85. The van der Waals surface area contributed by atoms with Crippen LogP contribution in [0.2, 0.25) is 0 Å². The highest BCUT2D eigenvalue weighted by Gasteiger charge is 2.33. The van der Waals surface area contributed by atoms with Crippen molar-refractivity contribution in [3.05, 3.63) is 35.0 Å². The fraction of sp³-hybridized carbons (Fsp3) is 0.375. The Kier molecular flexibility index (Phi) is 4.21. The number of benzene rings is 1. The summed E-state index contributed by atoms with van der Waals surface area (Å²) in [6.07, 6.45) is 0. The van der Waals surface area contributed by atoms with Crippen LogP contribution in [0.5, 0.6) is 11.5 Å². The van der Waals surface area contributed by atoms with Crippen LogP contribution in [0.4, 0.5) is 5.82 Å². The summed E-state index contributed by atoms with van der Waals surface area (Å²) in [5.41, 5.74) is 2.86. The number of nitrogens with one attached hydrogen (secondary N) is 2. The predicted molar refractivity (Wildman–Crippen MR) is 90.4 cm³/mol. The van der Waals surface area contributed by atoms with Crippen LogP contribution < -0.4 is 14.8 Å². The Labute approximate surface area is 138 Å². The Bertz CT molecular complexity index is 744. The van der Waals surface area contributed by atoms with Gasteiger partial charge in [-0.15, -0.1) is 11.8 Å². The van der Waals surface area contributed by atoms with E-state index in [2.05, 4.69) is 15.5 Å². The second-order valence-corrected chi connectivity index (χ2v) is 6.82. The Morgan fingerprint density at radius 3 is 2.74 bits per heavy atom.